The molecule has 0 aliphatic carbocycles. The van der Waals surface area contributed by atoms with E-state index >= 15 is 0 Å². The van der Waals surface area contributed by atoms with Gasteiger partial charge in [-0.2, -0.15) is 0 Å². The maximum atomic E-state index is 12.5. The maximum absolute atomic E-state index is 12.5. The number of piperazine rings is 1. The Morgan fingerprint density at radius 1 is 0.833 bits per heavy atom. The number of benzene rings is 2. The highest BCUT2D eigenvalue weighted by Gasteiger charge is 2.31. The fourth-order valence-electron chi connectivity index (χ4n) is 3.53. The SMILES string of the molecule is Cc1ccc(NC(=O)CN2CC[N+](C)(CC(=O)Nc3ccc(C)cc3)CC2)cc1.[Cl-]. The van der Waals surface area contributed by atoms with Crippen molar-refractivity contribution in [2.24, 2.45) is 0 Å². The van der Waals surface area contributed by atoms with E-state index in [2.05, 4.69) is 22.6 Å². The fourth-order valence-corrected chi connectivity index (χ4v) is 3.53. The number of rotatable bonds is 6. The summed E-state index contributed by atoms with van der Waals surface area (Å²) in [4.78, 5) is 26.9. The second-order valence-corrected chi connectivity index (χ2v) is 8.33. The first-order chi connectivity index (χ1) is 13.8. The molecule has 0 spiro atoms. The van der Waals surface area contributed by atoms with E-state index in [1.807, 2.05) is 62.4 Å². The van der Waals surface area contributed by atoms with Gasteiger partial charge in [-0.25, -0.2) is 0 Å². The van der Waals surface area contributed by atoms with Crippen LogP contribution in [0, 0.1) is 13.8 Å². The zero-order valence-corrected chi connectivity index (χ0v) is 18.7. The highest BCUT2D eigenvalue weighted by Crippen LogP contribution is 2.13. The van der Waals surface area contributed by atoms with Gasteiger partial charge in [0.05, 0.1) is 26.7 Å². The first kappa shape index (κ1) is 23.9. The lowest BCUT2D eigenvalue weighted by Crippen LogP contribution is -3.00. The van der Waals surface area contributed by atoms with E-state index in [0.717, 1.165) is 37.6 Å². The van der Waals surface area contributed by atoms with Crippen LogP contribution in [-0.4, -0.2) is 67.5 Å². The van der Waals surface area contributed by atoms with Crippen molar-refractivity contribution in [3.63, 3.8) is 0 Å². The zero-order valence-electron chi connectivity index (χ0n) is 18.0. The largest absolute Gasteiger partial charge is 1.00 e. The number of halogens is 1. The van der Waals surface area contributed by atoms with E-state index < -0.39 is 0 Å². The molecule has 1 heterocycles. The lowest BCUT2D eigenvalue weighted by Gasteiger charge is -2.41. The molecule has 1 aliphatic heterocycles. The molecule has 2 aromatic rings. The summed E-state index contributed by atoms with van der Waals surface area (Å²) >= 11 is 0. The minimum Gasteiger partial charge on any atom is -1.00 e. The van der Waals surface area contributed by atoms with Gasteiger partial charge in [0.1, 0.15) is 0 Å². The van der Waals surface area contributed by atoms with Gasteiger partial charge in [-0.15, -0.1) is 0 Å². The van der Waals surface area contributed by atoms with Crippen molar-refractivity contribution in [1.82, 2.24) is 4.90 Å². The van der Waals surface area contributed by atoms with Crippen molar-refractivity contribution >= 4 is 23.2 Å². The van der Waals surface area contributed by atoms with Crippen LogP contribution in [0.15, 0.2) is 48.5 Å². The number of anilines is 2. The number of hydrogen-bond donors (Lipinski definition) is 2. The molecule has 162 valence electrons. The van der Waals surface area contributed by atoms with Crippen LogP contribution in [0.1, 0.15) is 11.1 Å². The number of amides is 2. The topological polar surface area (TPSA) is 61.4 Å². The summed E-state index contributed by atoms with van der Waals surface area (Å²) in [7, 11) is 2.11. The van der Waals surface area contributed by atoms with Crippen LogP contribution < -0.4 is 23.0 Å². The highest BCUT2D eigenvalue weighted by molar-refractivity contribution is 5.92. The van der Waals surface area contributed by atoms with Crippen LogP contribution in [-0.2, 0) is 9.59 Å². The Bertz CT molecular complexity index is 845. The van der Waals surface area contributed by atoms with Gasteiger partial charge in [-0.3, -0.25) is 14.5 Å². The van der Waals surface area contributed by atoms with E-state index in [-0.39, 0.29) is 24.2 Å². The third-order valence-electron chi connectivity index (χ3n) is 5.48. The predicted molar refractivity (Wildman–Crippen MR) is 117 cm³/mol. The van der Waals surface area contributed by atoms with Gasteiger partial charge in [0.15, 0.2) is 6.54 Å². The number of quaternary nitrogens is 1. The zero-order chi connectivity index (χ0) is 20.9. The summed E-state index contributed by atoms with van der Waals surface area (Å²) in [5.74, 6) is 0.0315. The lowest BCUT2D eigenvalue weighted by atomic mass is 10.2. The first-order valence-corrected chi connectivity index (χ1v) is 10.1. The molecule has 3 rings (SSSR count). The summed E-state index contributed by atoms with van der Waals surface area (Å²) in [6, 6.07) is 15.7. The molecule has 0 bridgehead atoms. The number of carbonyl (C=O) groups is 2. The normalized spacial score (nSPS) is 15.7. The monoisotopic (exact) mass is 430 g/mol. The number of nitrogens with zero attached hydrogens (tertiary/aromatic N) is 2. The summed E-state index contributed by atoms with van der Waals surface area (Å²) in [5.41, 5.74) is 4.00. The number of hydrogen-bond acceptors (Lipinski definition) is 3. The van der Waals surface area contributed by atoms with Crippen molar-refractivity contribution in [3.8, 4) is 0 Å². The Morgan fingerprint density at radius 2 is 1.27 bits per heavy atom. The Kier molecular flexibility index (Phi) is 8.41. The Balaban J connectivity index is 0.00000320. The van der Waals surface area contributed by atoms with Crippen LogP contribution in [0.25, 0.3) is 0 Å². The van der Waals surface area contributed by atoms with Gasteiger partial charge in [-0.05, 0) is 38.1 Å². The third-order valence-corrected chi connectivity index (χ3v) is 5.48. The highest BCUT2D eigenvalue weighted by atomic mass is 35.5. The summed E-state index contributed by atoms with van der Waals surface area (Å²) in [6.45, 7) is 8.16. The standard InChI is InChI=1S/C23H30N4O2.ClH/c1-18-4-8-20(9-5-18)24-22(28)16-26-12-14-27(3,15-13-26)17-23(29)25-21-10-6-19(2)7-11-21;/h4-11H,12-17H2,1-3H3,(H-,24,25,28,29);1H. The number of carbonyl (C=O) groups excluding carboxylic acids is 2. The van der Waals surface area contributed by atoms with Gasteiger partial charge in [-0.1, -0.05) is 35.4 Å². The van der Waals surface area contributed by atoms with E-state index in [0.29, 0.717) is 17.6 Å². The van der Waals surface area contributed by atoms with Gasteiger partial charge in [0.2, 0.25) is 5.91 Å². The molecule has 0 aromatic heterocycles. The second-order valence-electron chi connectivity index (χ2n) is 8.33. The average molecular weight is 431 g/mol. The predicted octanol–water partition coefficient (Wildman–Crippen LogP) is -0.353. The van der Waals surface area contributed by atoms with Gasteiger partial charge < -0.3 is 27.5 Å². The summed E-state index contributed by atoms with van der Waals surface area (Å²) < 4.78 is 0.688. The fraction of sp³-hybridized carbons (Fsp3) is 0.391. The van der Waals surface area contributed by atoms with E-state index in [1.165, 1.54) is 11.1 Å². The molecule has 0 radical (unpaired) electrons. The van der Waals surface area contributed by atoms with E-state index in [1.54, 1.807) is 0 Å². The molecule has 1 saturated heterocycles. The molecule has 0 atom stereocenters. The molecular weight excluding hydrogens is 400 g/mol. The molecule has 30 heavy (non-hydrogen) atoms. The van der Waals surface area contributed by atoms with Crippen molar-refractivity contribution in [1.29, 1.82) is 0 Å². The first-order valence-electron chi connectivity index (χ1n) is 10.1. The van der Waals surface area contributed by atoms with Crippen molar-refractivity contribution in [3.05, 3.63) is 59.7 Å². The number of nitrogens with one attached hydrogen (secondary N) is 2. The molecule has 2 N–H and O–H groups in total. The van der Waals surface area contributed by atoms with Crippen molar-refractivity contribution < 1.29 is 26.5 Å². The second kappa shape index (κ2) is 10.6. The van der Waals surface area contributed by atoms with Crippen LogP contribution in [0.5, 0.6) is 0 Å². The molecule has 1 fully saturated rings. The lowest BCUT2D eigenvalue weighted by molar-refractivity contribution is -0.905. The molecule has 0 saturated carbocycles. The number of likely N-dealkylation sites (N-methyl/N-ethyl adjacent to an activating group) is 1. The summed E-state index contributed by atoms with van der Waals surface area (Å²) in [5, 5.41) is 5.93. The van der Waals surface area contributed by atoms with Crippen LogP contribution in [0.2, 0.25) is 0 Å². The van der Waals surface area contributed by atoms with E-state index in [9.17, 15) is 9.59 Å². The smallest absolute Gasteiger partial charge is 0.279 e. The van der Waals surface area contributed by atoms with Gasteiger partial charge in [0.25, 0.3) is 5.91 Å². The Labute approximate surface area is 185 Å². The van der Waals surface area contributed by atoms with Gasteiger partial charge >= 0.3 is 0 Å². The van der Waals surface area contributed by atoms with Crippen LogP contribution in [0.3, 0.4) is 0 Å². The average Bonchev–Trinajstić information content (AvgIpc) is 2.67. The molecule has 7 heteroatoms. The van der Waals surface area contributed by atoms with Gasteiger partial charge in [0, 0.05) is 24.5 Å². The molecule has 2 aromatic carbocycles. The molecule has 2 amide bonds. The summed E-state index contributed by atoms with van der Waals surface area (Å²) in [6.07, 6.45) is 0. The quantitative estimate of drug-likeness (QED) is 0.616. The molecule has 0 unspecified atom stereocenters. The molecule has 1 aliphatic rings. The molecular formula is C23H31ClN4O2. The third kappa shape index (κ3) is 7.13. The van der Waals surface area contributed by atoms with Crippen molar-refractivity contribution in [2.45, 2.75) is 13.8 Å². The minimum atomic E-state index is 0. The Morgan fingerprint density at radius 3 is 1.73 bits per heavy atom. The van der Waals surface area contributed by atoms with Crippen LogP contribution >= 0.6 is 0 Å². The maximum Gasteiger partial charge on any atom is 0.279 e. The van der Waals surface area contributed by atoms with E-state index in [4.69, 9.17) is 0 Å². The van der Waals surface area contributed by atoms with Crippen molar-refractivity contribution in [2.75, 3.05) is 56.9 Å². The Hall–Kier alpha value is -2.41. The van der Waals surface area contributed by atoms with Crippen LogP contribution in [0.4, 0.5) is 11.4 Å². The number of aryl methyl sites for hydroxylation is 2. The minimum absolute atomic E-state index is 0. The molecule has 6 nitrogen and oxygen atoms in total.